The minimum absolute atomic E-state index is 0.308. The molecule has 5 nitrogen and oxygen atoms in total. The van der Waals surface area contributed by atoms with Crippen molar-refractivity contribution in [1.82, 2.24) is 14.3 Å². The SMILES string of the molecule is CCCn1cc(CCNS(=O)(=O)c2cccc(C)c2)c2cccnc21. The van der Waals surface area contributed by atoms with Gasteiger partial charge in [0.2, 0.25) is 10.0 Å². The molecule has 3 rings (SSSR count). The Labute approximate surface area is 148 Å². The Morgan fingerprint density at radius 2 is 2.04 bits per heavy atom. The first-order valence-corrected chi connectivity index (χ1v) is 9.98. The van der Waals surface area contributed by atoms with Gasteiger partial charge in [-0.3, -0.25) is 0 Å². The summed E-state index contributed by atoms with van der Waals surface area (Å²) in [5.74, 6) is 0. The molecule has 0 bridgehead atoms. The largest absolute Gasteiger partial charge is 0.332 e. The molecule has 0 saturated carbocycles. The van der Waals surface area contributed by atoms with Crippen LogP contribution in [0.3, 0.4) is 0 Å². The highest BCUT2D eigenvalue weighted by Crippen LogP contribution is 2.20. The first-order chi connectivity index (χ1) is 12.0. The molecule has 2 heterocycles. The van der Waals surface area contributed by atoms with Gasteiger partial charge in [-0.1, -0.05) is 19.1 Å². The molecule has 0 atom stereocenters. The van der Waals surface area contributed by atoms with Crippen LogP contribution in [0.25, 0.3) is 11.0 Å². The van der Waals surface area contributed by atoms with Crippen LogP contribution in [0.2, 0.25) is 0 Å². The van der Waals surface area contributed by atoms with Gasteiger partial charge >= 0.3 is 0 Å². The lowest BCUT2D eigenvalue weighted by atomic mass is 10.2. The highest BCUT2D eigenvalue weighted by atomic mass is 32.2. The lowest BCUT2D eigenvalue weighted by Crippen LogP contribution is -2.26. The van der Waals surface area contributed by atoms with E-state index in [1.54, 1.807) is 24.4 Å². The standard InChI is InChI=1S/C19H23N3O2S/c1-3-12-22-14-16(18-8-5-10-20-19(18)22)9-11-21-25(23,24)17-7-4-6-15(2)13-17/h4-8,10,13-14,21H,3,9,11-12H2,1-2H3. The lowest BCUT2D eigenvalue weighted by molar-refractivity contribution is 0.581. The van der Waals surface area contributed by atoms with E-state index in [1.165, 1.54) is 0 Å². The summed E-state index contributed by atoms with van der Waals surface area (Å²) in [7, 11) is -3.48. The number of nitrogens with zero attached hydrogens (tertiary/aromatic N) is 2. The number of aryl methyl sites for hydroxylation is 2. The number of pyridine rings is 1. The van der Waals surface area contributed by atoms with Crippen molar-refractivity contribution in [2.45, 2.75) is 38.1 Å². The second kappa shape index (κ2) is 7.37. The third kappa shape index (κ3) is 3.91. The van der Waals surface area contributed by atoms with Crippen LogP contribution >= 0.6 is 0 Å². The van der Waals surface area contributed by atoms with Crippen molar-refractivity contribution in [2.75, 3.05) is 6.54 Å². The molecular weight excluding hydrogens is 334 g/mol. The summed E-state index contributed by atoms with van der Waals surface area (Å²) < 4.78 is 29.7. The Morgan fingerprint density at radius 3 is 2.80 bits per heavy atom. The van der Waals surface area contributed by atoms with E-state index in [9.17, 15) is 8.42 Å². The van der Waals surface area contributed by atoms with Gasteiger partial charge in [-0.2, -0.15) is 0 Å². The summed E-state index contributed by atoms with van der Waals surface area (Å²) >= 11 is 0. The van der Waals surface area contributed by atoms with Crippen molar-refractivity contribution in [3.63, 3.8) is 0 Å². The van der Waals surface area contributed by atoms with Crippen LogP contribution in [0.15, 0.2) is 53.7 Å². The van der Waals surface area contributed by atoms with Crippen LogP contribution in [-0.2, 0) is 23.0 Å². The van der Waals surface area contributed by atoms with Crippen LogP contribution in [0.5, 0.6) is 0 Å². The summed E-state index contributed by atoms with van der Waals surface area (Å²) in [6, 6.07) is 10.9. The van der Waals surface area contributed by atoms with Gasteiger partial charge in [-0.05, 0) is 55.2 Å². The molecular formula is C19H23N3O2S. The minimum Gasteiger partial charge on any atom is -0.332 e. The second-order valence-electron chi connectivity index (χ2n) is 6.19. The predicted octanol–water partition coefficient (Wildman–Crippen LogP) is 3.28. The minimum atomic E-state index is -3.48. The van der Waals surface area contributed by atoms with E-state index < -0.39 is 10.0 Å². The molecule has 0 aliphatic rings. The Hall–Kier alpha value is -2.18. The van der Waals surface area contributed by atoms with Gasteiger partial charge in [0, 0.05) is 30.9 Å². The molecule has 0 amide bonds. The third-order valence-corrected chi connectivity index (χ3v) is 5.63. The summed E-state index contributed by atoms with van der Waals surface area (Å²) in [6.07, 6.45) is 5.53. The van der Waals surface area contributed by atoms with Gasteiger partial charge in [0.25, 0.3) is 0 Å². The lowest BCUT2D eigenvalue weighted by Gasteiger charge is -2.07. The van der Waals surface area contributed by atoms with E-state index in [4.69, 9.17) is 0 Å². The molecule has 1 aromatic carbocycles. The van der Waals surface area contributed by atoms with Crippen molar-refractivity contribution >= 4 is 21.1 Å². The van der Waals surface area contributed by atoms with Gasteiger partial charge in [0.05, 0.1) is 4.90 Å². The first kappa shape index (κ1) is 17.6. The van der Waals surface area contributed by atoms with Gasteiger partial charge in [-0.25, -0.2) is 18.1 Å². The molecule has 0 unspecified atom stereocenters. The highest BCUT2D eigenvalue weighted by molar-refractivity contribution is 7.89. The van der Waals surface area contributed by atoms with E-state index in [2.05, 4.69) is 27.4 Å². The Bertz CT molecular complexity index is 977. The Balaban J connectivity index is 1.75. The monoisotopic (exact) mass is 357 g/mol. The average molecular weight is 357 g/mol. The van der Waals surface area contributed by atoms with E-state index in [0.29, 0.717) is 17.9 Å². The van der Waals surface area contributed by atoms with Gasteiger partial charge in [0.15, 0.2) is 0 Å². The number of benzene rings is 1. The van der Waals surface area contributed by atoms with Gasteiger partial charge in [0.1, 0.15) is 5.65 Å². The molecule has 2 aromatic heterocycles. The zero-order valence-corrected chi connectivity index (χ0v) is 15.4. The zero-order chi connectivity index (χ0) is 17.9. The molecule has 6 heteroatoms. The van der Waals surface area contributed by atoms with Gasteiger partial charge in [-0.15, -0.1) is 0 Å². The number of nitrogens with one attached hydrogen (secondary N) is 1. The quantitative estimate of drug-likeness (QED) is 0.706. The highest BCUT2D eigenvalue weighted by Gasteiger charge is 2.14. The molecule has 3 aromatic rings. The van der Waals surface area contributed by atoms with E-state index in [1.807, 2.05) is 25.1 Å². The fraction of sp³-hybridized carbons (Fsp3) is 0.316. The van der Waals surface area contributed by atoms with E-state index in [-0.39, 0.29) is 0 Å². The van der Waals surface area contributed by atoms with Crippen LogP contribution in [0, 0.1) is 6.92 Å². The van der Waals surface area contributed by atoms with Crippen LogP contribution < -0.4 is 4.72 Å². The van der Waals surface area contributed by atoms with Crippen molar-refractivity contribution in [3.05, 3.63) is 59.9 Å². The smallest absolute Gasteiger partial charge is 0.240 e. The first-order valence-electron chi connectivity index (χ1n) is 8.50. The third-order valence-electron chi connectivity index (χ3n) is 4.17. The van der Waals surface area contributed by atoms with Crippen LogP contribution in [0.4, 0.5) is 0 Å². The second-order valence-corrected chi connectivity index (χ2v) is 7.95. The molecule has 132 valence electrons. The molecule has 25 heavy (non-hydrogen) atoms. The molecule has 0 aliphatic carbocycles. The topological polar surface area (TPSA) is 64.0 Å². The zero-order valence-electron chi connectivity index (χ0n) is 14.6. The van der Waals surface area contributed by atoms with E-state index >= 15 is 0 Å². The predicted molar refractivity (Wildman–Crippen MR) is 100 cm³/mol. The van der Waals surface area contributed by atoms with Crippen LogP contribution in [0.1, 0.15) is 24.5 Å². The number of hydrogen-bond acceptors (Lipinski definition) is 3. The maximum Gasteiger partial charge on any atom is 0.240 e. The van der Waals surface area contributed by atoms with Gasteiger partial charge < -0.3 is 4.57 Å². The van der Waals surface area contributed by atoms with Crippen molar-refractivity contribution in [3.8, 4) is 0 Å². The number of sulfonamides is 1. The summed E-state index contributed by atoms with van der Waals surface area (Å²) in [5, 5.41) is 1.09. The molecule has 0 aliphatic heterocycles. The summed E-state index contributed by atoms with van der Waals surface area (Å²) in [4.78, 5) is 4.77. The van der Waals surface area contributed by atoms with Crippen LogP contribution in [-0.4, -0.2) is 24.5 Å². The number of fused-ring (bicyclic) bond motifs is 1. The summed E-state index contributed by atoms with van der Waals surface area (Å²) in [5.41, 5.74) is 3.00. The molecule has 0 radical (unpaired) electrons. The molecule has 0 fully saturated rings. The molecule has 0 saturated heterocycles. The molecule has 1 N–H and O–H groups in total. The number of rotatable bonds is 7. The fourth-order valence-corrected chi connectivity index (χ4v) is 4.13. The number of aromatic nitrogens is 2. The average Bonchev–Trinajstić information content (AvgIpc) is 2.93. The Morgan fingerprint density at radius 1 is 1.20 bits per heavy atom. The summed E-state index contributed by atoms with van der Waals surface area (Å²) in [6.45, 7) is 5.28. The fourth-order valence-electron chi connectivity index (χ4n) is 2.99. The Kier molecular flexibility index (Phi) is 5.20. The van der Waals surface area contributed by atoms with Crippen molar-refractivity contribution < 1.29 is 8.42 Å². The maximum atomic E-state index is 12.4. The van der Waals surface area contributed by atoms with Crippen molar-refractivity contribution in [2.24, 2.45) is 0 Å². The number of hydrogen-bond donors (Lipinski definition) is 1. The maximum absolute atomic E-state index is 12.4. The van der Waals surface area contributed by atoms with Crippen molar-refractivity contribution in [1.29, 1.82) is 0 Å². The normalized spacial score (nSPS) is 11.9. The van der Waals surface area contributed by atoms with E-state index in [0.717, 1.165) is 35.1 Å². The molecule has 0 spiro atoms.